The first kappa shape index (κ1) is 13.5. The SMILES string of the molecule is CC(Nc1ccc(C(N)=S)c(Br)c1)c1cccs1. The van der Waals surface area contributed by atoms with Gasteiger partial charge in [-0.25, -0.2) is 0 Å². The van der Waals surface area contributed by atoms with Crippen LogP contribution in [0.15, 0.2) is 40.2 Å². The van der Waals surface area contributed by atoms with Crippen molar-refractivity contribution >= 4 is 50.2 Å². The number of halogens is 1. The van der Waals surface area contributed by atoms with Crippen LogP contribution in [0.5, 0.6) is 0 Å². The van der Waals surface area contributed by atoms with E-state index in [0.29, 0.717) is 4.99 Å². The molecule has 1 aromatic carbocycles. The molecule has 0 saturated carbocycles. The van der Waals surface area contributed by atoms with Crippen molar-refractivity contribution in [3.8, 4) is 0 Å². The maximum atomic E-state index is 5.63. The van der Waals surface area contributed by atoms with Crippen LogP contribution in [0.1, 0.15) is 23.4 Å². The maximum Gasteiger partial charge on any atom is 0.105 e. The molecule has 2 rings (SSSR count). The normalized spacial score (nSPS) is 12.1. The second-order valence-corrected chi connectivity index (χ2v) is 6.21. The molecule has 0 radical (unpaired) electrons. The van der Waals surface area contributed by atoms with Crippen molar-refractivity contribution in [2.24, 2.45) is 5.73 Å². The molecule has 0 aliphatic rings. The van der Waals surface area contributed by atoms with E-state index in [1.165, 1.54) is 4.88 Å². The minimum Gasteiger partial charge on any atom is -0.389 e. The minimum absolute atomic E-state index is 0.285. The van der Waals surface area contributed by atoms with Gasteiger partial charge in [0, 0.05) is 20.6 Å². The Labute approximate surface area is 124 Å². The topological polar surface area (TPSA) is 38.0 Å². The van der Waals surface area contributed by atoms with Crippen LogP contribution in [0.25, 0.3) is 0 Å². The first-order chi connectivity index (χ1) is 8.58. The molecule has 1 atom stereocenters. The summed E-state index contributed by atoms with van der Waals surface area (Å²) in [6.07, 6.45) is 0. The third-order valence-corrected chi connectivity index (χ3v) is 4.52. The van der Waals surface area contributed by atoms with Crippen LogP contribution in [-0.2, 0) is 0 Å². The molecule has 3 N–H and O–H groups in total. The number of nitrogens with one attached hydrogen (secondary N) is 1. The zero-order valence-corrected chi connectivity index (χ0v) is 13.0. The lowest BCUT2D eigenvalue weighted by Gasteiger charge is -2.14. The Morgan fingerprint density at radius 2 is 2.22 bits per heavy atom. The van der Waals surface area contributed by atoms with Crippen LogP contribution in [0, 0.1) is 0 Å². The highest BCUT2D eigenvalue weighted by molar-refractivity contribution is 9.10. The summed E-state index contributed by atoms with van der Waals surface area (Å²) in [4.78, 5) is 1.71. The second-order valence-electron chi connectivity index (χ2n) is 3.94. The molecule has 94 valence electrons. The summed E-state index contributed by atoms with van der Waals surface area (Å²) in [7, 11) is 0. The van der Waals surface area contributed by atoms with Gasteiger partial charge in [-0.2, -0.15) is 0 Å². The highest BCUT2D eigenvalue weighted by Gasteiger charge is 2.08. The molecule has 0 aliphatic carbocycles. The molecule has 0 aliphatic heterocycles. The fourth-order valence-corrected chi connectivity index (χ4v) is 3.30. The van der Waals surface area contributed by atoms with Crippen molar-refractivity contribution in [2.75, 3.05) is 5.32 Å². The van der Waals surface area contributed by atoms with Gasteiger partial charge >= 0.3 is 0 Å². The van der Waals surface area contributed by atoms with Gasteiger partial charge in [0.2, 0.25) is 0 Å². The quantitative estimate of drug-likeness (QED) is 0.814. The Kier molecular flexibility index (Phi) is 4.37. The van der Waals surface area contributed by atoms with Gasteiger partial charge in [0.05, 0.1) is 6.04 Å². The van der Waals surface area contributed by atoms with E-state index in [4.69, 9.17) is 18.0 Å². The van der Waals surface area contributed by atoms with Crippen molar-refractivity contribution in [1.29, 1.82) is 0 Å². The molecule has 18 heavy (non-hydrogen) atoms. The Balaban J connectivity index is 2.15. The monoisotopic (exact) mass is 340 g/mol. The van der Waals surface area contributed by atoms with E-state index < -0.39 is 0 Å². The number of hydrogen-bond acceptors (Lipinski definition) is 3. The van der Waals surface area contributed by atoms with Crippen molar-refractivity contribution in [1.82, 2.24) is 0 Å². The van der Waals surface area contributed by atoms with Crippen LogP contribution in [0.4, 0.5) is 5.69 Å². The van der Waals surface area contributed by atoms with Crippen molar-refractivity contribution in [2.45, 2.75) is 13.0 Å². The van der Waals surface area contributed by atoms with Crippen molar-refractivity contribution in [3.05, 3.63) is 50.6 Å². The first-order valence-electron chi connectivity index (χ1n) is 5.47. The Morgan fingerprint density at radius 1 is 1.44 bits per heavy atom. The predicted octanol–water partition coefficient (Wildman–Crippen LogP) is 4.32. The Morgan fingerprint density at radius 3 is 2.78 bits per heavy atom. The van der Waals surface area contributed by atoms with Crippen molar-refractivity contribution in [3.63, 3.8) is 0 Å². The molecule has 2 aromatic rings. The van der Waals surface area contributed by atoms with Gasteiger partial charge in [-0.05, 0) is 52.5 Å². The largest absolute Gasteiger partial charge is 0.389 e. The molecule has 2 nitrogen and oxygen atoms in total. The molecular weight excluding hydrogens is 328 g/mol. The Hall–Kier alpha value is -0.910. The summed E-state index contributed by atoms with van der Waals surface area (Å²) < 4.78 is 0.915. The summed E-state index contributed by atoms with van der Waals surface area (Å²) in [5.41, 5.74) is 7.53. The standard InChI is InChI=1S/C13H13BrN2S2/c1-8(12-3-2-6-18-12)16-9-4-5-10(13(15)17)11(14)7-9/h2-8,16H,1H3,(H2,15,17). The molecule has 5 heteroatoms. The van der Waals surface area contributed by atoms with Crippen LogP contribution in [0.3, 0.4) is 0 Å². The zero-order chi connectivity index (χ0) is 13.1. The van der Waals surface area contributed by atoms with Gasteiger partial charge in [-0.1, -0.05) is 18.3 Å². The number of benzene rings is 1. The van der Waals surface area contributed by atoms with Gasteiger partial charge in [0.1, 0.15) is 4.99 Å². The zero-order valence-electron chi connectivity index (χ0n) is 9.81. The van der Waals surface area contributed by atoms with E-state index >= 15 is 0 Å². The summed E-state index contributed by atoms with van der Waals surface area (Å²) in [5, 5.41) is 5.53. The lowest BCUT2D eigenvalue weighted by Crippen LogP contribution is -2.11. The van der Waals surface area contributed by atoms with E-state index in [0.717, 1.165) is 15.7 Å². The fourth-order valence-electron chi connectivity index (χ4n) is 1.66. The summed E-state index contributed by atoms with van der Waals surface area (Å²) in [6, 6.07) is 10.4. The first-order valence-corrected chi connectivity index (χ1v) is 7.55. The lowest BCUT2D eigenvalue weighted by molar-refractivity contribution is 0.908. The highest BCUT2D eigenvalue weighted by atomic mass is 79.9. The molecule has 0 spiro atoms. The van der Waals surface area contributed by atoms with Gasteiger partial charge in [-0.15, -0.1) is 11.3 Å². The lowest BCUT2D eigenvalue weighted by atomic mass is 10.2. The van der Waals surface area contributed by atoms with Crippen LogP contribution in [0.2, 0.25) is 0 Å². The average Bonchev–Trinajstić information content (AvgIpc) is 2.81. The van der Waals surface area contributed by atoms with E-state index in [9.17, 15) is 0 Å². The fraction of sp³-hybridized carbons (Fsp3) is 0.154. The average molecular weight is 341 g/mol. The molecule has 0 bridgehead atoms. The van der Waals surface area contributed by atoms with E-state index in [-0.39, 0.29) is 6.04 Å². The van der Waals surface area contributed by atoms with E-state index in [1.54, 1.807) is 11.3 Å². The van der Waals surface area contributed by atoms with Gasteiger partial charge in [0.25, 0.3) is 0 Å². The molecule has 1 aromatic heterocycles. The molecule has 1 heterocycles. The van der Waals surface area contributed by atoms with Crippen LogP contribution >= 0.6 is 39.5 Å². The number of rotatable bonds is 4. The third-order valence-electron chi connectivity index (χ3n) is 2.59. The maximum absolute atomic E-state index is 5.63. The summed E-state index contributed by atoms with van der Waals surface area (Å²) in [6.45, 7) is 2.14. The minimum atomic E-state index is 0.285. The molecular formula is C13H13BrN2S2. The second kappa shape index (κ2) is 5.82. The predicted molar refractivity (Wildman–Crippen MR) is 86.4 cm³/mol. The molecule has 1 unspecified atom stereocenters. The molecule has 0 fully saturated rings. The van der Waals surface area contributed by atoms with Crippen molar-refractivity contribution < 1.29 is 0 Å². The number of anilines is 1. The molecule has 0 saturated heterocycles. The number of nitrogens with two attached hydrogens (primary N) is 1. The third kappa shape index (κ3) is 3.10. The Bertz CT molecular complexity index is 552. The van der Waals surface area contributed by atoms with Crippen LogP contribution < -0.4 is 11.1 Å². The van der Waals surface area contributed by atoms with Gasteiger partial charge < -0.3 is 11.1 Å². The van der Waals surface area contributed by atoms with Crippen LogP contribution in [-0.4, -0.2) is 4.99 Å². The summed E-state index contributed by atoms with van der Waals surface area (Å²) >= 11 is 10.2. The molecule has 0 amide bonds. The number of thiophene rings is 1. The number of thiocarbonyl (C=S) groups is 1. The highest BCUT2D eigenvalue weighted by Crippen LogP contribution is 2.26. The van der Waals surface area contributed by atoms with Gasteiger partial charge in [-0.3, -0.25) is 0 Å². The van der Waals surface area contributed by atoms with E-state index in [1.807, 2.05) is 18.2 Å². The van der Waals surface area contributed by atoms with Gasteiger partial charge in [0.15, 0.2) is 0 Å². The summed E-state index contributed by atoms with van der Waals surface area (Å²) in [5.74, 6) is 0. The van der Waals surface area contributed by atoms with E-state index in [2.05, 4.69) is 45.7 Å². The smallest absolute Gasteiger partial charge is 0.105 e. The number of hydrogen-bond donors (Lipinski definition) is 2.